The topological polar surface area (TPSA) is 95.9 Å². The summed E-state index contributed by atoms with van der Waals surface area (Å²) in [7, 11) is 0. The number of allylic oxidation sites excluding steroid dienone is 12. The van der Waals surface area contributed by atoms with Gasteiger partial charge in [-0.3, -0.25) is 9.59 Å². The molecule has 0 fully saturated rings. The molecule has 1 amide bonds. The summed E-state index contributed by atoms with van der Waals surface area (Å²) in [5.41, 5.74) is 0. The lowest BCUT2D eigenvalue weighted by Gasteiger charge is -2.24. The number of aliphatic hydroxyl groups is 2. The van der Waals surface area contributed by atoms with Crippen molar-refractivity contribution in [2.45, 2.75) is 238 Å². The molecule has 0 saturated heterocycles. The van der Waals surface area contributed by atoms with Gasteiger partial charge in [0, 0.05) is 6.42 Å². The summed E-state index contributed by atoms with van der Waals surface area (Å²) in [6.07, 6.45) is 56.7. The molecule has 0 rings (SSSR count). The highest BCUT2D eigenvalue weighted by Gasteiger charge is 2.24. The van der Waals surface area contributed by atoms with Gasteiger partial charge in [-0.15, -0.1) is 0 Å². The van der Waals surface area contributed by atoms with E-state index in [0.29, 0.717) is 19.3 Å². The fraction of sp³-hybridized carbons (Fsp3) is 0.731. The number of esters is 1. The number of hydrogen-bond acceptors (Lipinski definition) is 5. The Morgan fingerprint density at radius 1 is 0.517 bits per heavy atom. The Morgan fingerprint density at radius 3 is 1.48 bits per heavy atom. The number of carbonyl (C=O) groups is 2. The maximum absolute atomic E-state index is 13.2. The minimum absolute atomic E-state index is 0.0438. The second-order valence-corrected chi connectivity index (χ2v) is 16.2. The van der Waals surface area contributed by atoms with Gasteiger partial charge in [0.1, 0.15) is 6.10 Å². The van der Waals surface area contributed by atoms with Crippen molar-refractivity contribution < 1.29 is 24.5 Å². The average molecular weight is 810 g/mol. The third-order valence-corrected chi connectivity index (χ3v) is 10.6. The molecule has 0 spiro atoms. The second-order valence-electron chi connectivity index (χ2n) is 16.2. The molecule has 334 valence electrons. The van der Waals surface area contributed by atoms with E-state index in [4.69, 9.17) is 4.74 Å². The summed E-state index contributed by atoms with van der Waals surface area (Å²) >= 11 is 0. The molecule has 0 aromatic carbocycles. The Morgan fingerprint density at radius 2 is 0.931 bits per heavy atom. The molecule has 58 heavy (non-hydrogen) atoms. The van der Waals surface area contributed by atoms with Gasteiger partial charge in [-0.05, 0) is 70.6 Å². The van der Waals surface area contributed by atoms with E-state index in [2.05, 4.69) is 74.7 Å². The van der Waals surface area contributed by atoms with Crippen LogP contribution in [0.5, 0.6) is 0 Å². The molecule has 0 radical (unpaired) electrons. The Hall–Kier alpha value is -2.70. The Kier molecular flexibility index (Phi) is 43.3. The van der Waals surface area contributed by atoms with Crippen LogP contribution in [0.2, 0.25) is 0 Å². The number of carbonyl (C=O) groups excluding carboxylic acids is 2. The van der Waals surface area contributed by atoms with Gasteiger partial charge in [-0.2, -0.15) is 0 Å². The summed E-state index contributed by atoms with van der Waals surface area (Å²) < 4.78 is 5.89. The highest BCUT2D eigenvalue weighted by molar-refractivity contribution is 5.77. The van der Waals surface area contributed by atoms with Crippen LogP contribution in [-0.4, -0.2) is 46.9 Å². The van der Waals surface area contributed by atoms with Gasteiger partial charge in [0.15, 0.2) is 0 Å². The fourth-order valence-electron chi connectivity index (χ4n) is 6.96. The van der Waals surface area contributed by atoms with Crippen molar-refractivity contribution >= 4 is 11.9 Å². The third kappa shape index (κ3) is 40.1. The van der Waals surface area contributed by atoms with Crippen LogP contribution in [0.3, 0.4) is 0 Å². The maximum atomic E-state index is 13.2. The van der Waals surface area contributed by atoms with E-state index >= 15 is 0 Å². The Balaban J connectivity index is 4.68. The van der Waals surface area contributed by atoms with Gasteiger partial charge in [0.05, 0.1) is 25.2 Å². The third-order valence-electron chi connectivity index (χ3n) is 10.6. The zero-order chi connectivity index (χ0) is 42.4. The molecule has 0 aromatic rings. The lowest BCUT2D eigenvalue weighted by atomic mass is 10.0. The Labute approximate surface area is 358 Å². The molecule has 0 aliphatic rings. The number of rotatable bonds is 42. The number of aliphatic hydroxyl groups excluding tert-OH is 2. The van der Waals surface area contributed by atoms with Crippen LogP contribution in [-0.2, 0) is 14.3 Å². The van der Waals surface area contributed by atoms with Crippen molar-refractivity contribution in [2.24, 2.45) is 0 Å². The zero-order valence-corrected chi connectivity index (χ0v) is 37.9. The molecular formula is C52H91NO5. The molecule has 6 nitrogen and oxygen atoms in total. The van der Waals surface area contributed by atoms with Gasteiger partial charge in [-0.25, -0.2) is 0 Å². The van der Waals surface area contributed by atoms with Crippen molar-refractivity contribution in [1.82, 2.24) is 5.32 Å². The SMILES string of the molecule is CC/C=C/C=C/C=C/C=C\CCCCCC(CC(=O)NC(CO)C(O)CCCCCCCCCCCCC)OC(=O)CCCCCCCC/C=C/C=C/CCCCC. The minimum atomic E-state index is -0.802. The first-order valence-corrected chi connectivity index (χ1v) is 24.2. The number of ether oxygens (including phenoxy) is 1. The Bertz CT molecular complexity index is 1090. The minimum Gasteiger partial charge on any atom is -0.462 e. The van der Waals surface area contributed by atoms with Crippen LogP contribution in [0.1, 0.15) is 220 Å². The number of nitrogens with one attached hydrogen (secondary N) is 1. The molecule has 0 aromatic heterocycles. The van der Waals surface area contributed by atoms with Gasteiger partial charge in [-0.1, -0.05) is 209 Å². The largest absolute Gasteiger partial charge is 0.462 e. The van der Waals surface area contributed by atoms with Crippen LogP contribution in [0.25, 0.3) is 0 Å². The quantitative estimate of drug-likeness (QED) is 0.0324. The van der Waals surface area contributed by atoms with Crippen molar-refractivity contribution in [3.8, 4) is 0 Å². The maximum Gasteiger partial charge on any atom is 0.306 e. The molecule has 3 N–H and O–H groups in total. The molecule has 6 heteroatoms. The lowest BCUT2D eigenvalue weighted by molar-refractivity contribution is -0.151. The molecular weight excluding hydrogens is 719 g/mol. The standard InChI is InChI=1S/C52H91NO5/c1-4-7-10-13-16-19-22-24-25-27-30-33-36-39-42-45-52(57)58-48(43-40-37-34-31-29-26-23-20-17-14-11-8-5-2)46-51(56)53-49(47-54)50(55)44-41-38-35-32-28-21-18-15-12-9-6-3/h8,11,14,16-17,19-20,22-24,26,29,48-50,54-55H,4-7,9-10,12-13,15,18,21,25,27-28,30-47H2,1-3H3,(H,53,56)/b11-8+,17-14+,19-16+,23-20+,24-22+,29-26-. The first-order valence-electron chi connectivity index (χ1n) is 24.2. The van der Waals surface area contributed by atoms with E-state index in [-0.39, 0.29) is 24.9 Å². The molecule has 3 unspecified atom stereocenters. The second kappa shape index (κ2) is 45.4. The number of unbranched alkanes of at least 4 members (excludes halogenated alkanes) is 22. The smallest absolute Gasteiger partial charge is 0.306 e. The van der Waals surface area contributed by atoms with E-state index < -0.39 is 18.2 Å². The predicted molar refractivity (Wildman–Crippen MR) is 250 cm³/mol. The van der Waals surface area contributed by atoms with Gasteiger partial charge >= 0.3 is 5.97 Å². The molecule has 0 saturated carbocycles. The highest BCUT2D eigenvalue weighted by atomic mass is 16.5. The van der Waals surface area contributed by atoms with Crippen LogP contribution in [0.15, 0.2) is 72.9 Å². The van der Waals surface area contributed by atoms with E-state index in [1.807, 2.05) is 24.3 Å². The van der Waals surface area contributed by atoms with E-state index in [9.17, 15) is 19.8 Å². The molecule has 0 bridgehead atoms. The fourth-order valence-corrected chi connectivity index (χ4v) is 6.96. The van der Waals surface area contributed by atoms with Crippen molar-refractivity contribution in [2.75, 3.05) is 6.61 Å². The first-order chi connectivity index (χ1) is 28.5. The molecule has 3 atom stereocenters. The van der Waals surface area contributed by atoms with Crippen LogP contribution in [0.4, 0.5) is 0 Å². The summed E-state index contributed by atoms with van der Waals surface area (Å²) in [6.45, 7) is 6.28. The van der Waals surface area contributed by atoms with Gasteiger partial charge < -0.3 is 20.3 Å². The lowest BCUT2D eigenvalue weighted by Crippen LogP contribution is -2.46. The first kappa shape index (κ1) is 55.3. The molecule has 0 aliphatic heterocycles. The van der Waals surface area contributed by atoms with Crippen molar-refractivity contribution in [3.05, 3.63) is 72.9 Å². The van der Waals surface area contributed by atoms with E-state index in [1.54, 1.807) is 0 Å². The number of amides is 1. The summed E-state index contributed by atoms with van der Waals surface area (Å²) in [5.74, 6) is -0.531. The van der Waals surface area contributed by atoms with Crippen molar-refractivity contribution in [3.63, 3.8) is 0 Å². The highest BCUT2D eigenvalue weighted by Crippen LogP contribution is 2.17. The monoisotopic (exact) mass is 810 g/mol. The molecule has 0 heterocycles. The summed E-state index contributed by atoms with van der Waals surface area (Å²) in [6, 6.07) is -0.718. The van der Waals surface area contributed by atoms with Crippen LogP contribution in [0, 0.1) is 0 Å². The normalized spacial score (nSPS) is 13.9. The zero-order valence-electron chi connectivity index (χ0n) is 37.9. The summed E-state index contributed by atoms with van der Waals surface area (Å²) in [4.78, 5) is 26.1. The van der Waals surface area contributed by atoms with Crippen molar-refractivity contribution in [1.29, 1.82) is 0 Å². The van der Waals surface area contributed by atoms with Gasteiger partial charge in [0.2, 0.25) is 5.91 Å². The van der Waals surface area contributed by atoms with Gasteiger partial charge in [0.25, 0.3) is 0 Å². The van der Waals surface area contributed by atoms with E-state index in [0.717, 1.165) is 77.0 Å². The number of hydrogen-bond donors (Lipinski definition) is 3. The van der Waals surface area contributed by atoms with E-state index in [1.165, 1.54) is 96.3 Å². The van der Waals surface area contributed by atoms with Crippen LogP contribution < -0.4 is 5.32 Å². The predicted octanol–water partition coefficient (Wildman–Crippen LogP) is 14.2. The molecule has 0 aliphatic carbocycles. The van der Waals surface area contributed by atoms with Crippen LogP contribution >= 0.6 is 0 Å². The summed E-state index contributed by atoms with van der Waals surface area (Å²) in [5, 5.41) is 23.7. The average Bonchev–Trinajstić information content (AvgIpc) is 3.22.